The van der Waals surface area contributed by atoms with Crippen molar-refractivity contribution in [1.29, 1.82) is 0 Å². The molecule has 1 heterocycles. The maximum Gasteiger partial charge on any atom is 0.227 e. The molecule has 0 aliphatic heterocycles. The van der Waals surface area contributed by atoms with Gasteiger partial charge >= 0.3 is 0 Å². The lowest BCUT2D eigenvalue weighted by molar-refractivity contribution is 0.0941. The molecule has 0 spiro atoms. The normalized spacial score (nSPS) is 12.1. The highest BCUT2D eigenvalue weighted by atomic mass is 79.9. The molecule has 90 valence electrons. The Bertz CT molecular complexity index is 590. The average molecular weight is 294 g/mol. The van der Waals surface area contributed by atoms with Crippen LogP contribution in [0.4, 0.5) is 0 Å². The molecule has 0 unspecified atom stereocenters. The zero-order valence-corrected chi connectivity index (χ0v) is 12.1. The minimum Gasteiger partial charge on any atom is -0.287 e. The fraction of sp³-hybridized carbons (Fsp3) is 0.357. The van der Waals surface area contributed by atoms with Gasteiger partial charge in [0.25, 0.3) is 0 Å². The molecular weight excluding hydrogens is 278 g/mol. The topological polar surface area (TPSA) is 22.0 Å². The third-order valence-electron chi connectivity index (χ3n) is 2.91. The first kappa shape index (κ1) is 12.4. The summed E-state index contributed by atoms with van der Waals surface area (Å²) in [6.45, 7) is 8.07. The number of benzene rings is 1. The maximum absolute atomic E-state index is 11.7. The van der Waals surface area contributed by atoms with Crippen LogP contribution < -0.4 is 0 Å². The van der Waals surface area contributed by atoms with E-state index in [0.717, 1.165) is 15.4 Å². The lowest BCUT2D eigenvalue weighted by Gasteiger charge is -2.17. The highest BCUT2D eigenvalue weighted by Crippen LogP contribution is 2.33. The van der Waals surface area contributed by atoms with E-state index in [9.17, 15) is 4.79 Å². The van der Waals surface area contributed by atoms with E-state index in [4.69, 9.17) is 0 Å². The van der Waals surface area contributed by atoms with Crippen molar-refractivity contribution in [1.82, 2.24) is 4.57 Å². The van der Waals surface area contributed by atoms with Gasteiger partial charge in [-0.25, -0.2) is 0 Å². The van der Waals surface area contributed by atoms with E-state index < -0.39 is 0 Å². The van der Waals surface area contributed by atoms with Gasteiger partial charge in [-0.05, 0) is 23.1 Å². The molecular formula is C14H16BrNO. The molecule has 0 radical (unpaired) electrons. The van der Waals surface area contributed by atoms with Crippen LogP contribution in [-0.4, -0.2) is 10.5 Å². The zero-order chi connectivity index (χ0) is 12.8. The molecule has 0 fully saturated rings. The van der Waals surface area contributed by atoms with Crippen molar-refractivity contribution in [2.24, 2.45) is 0 Å². The fourth-order valence-corrected chi connectivity index (χ4v) is 2.41. The highest BCUT2D eigenvalue weighted by molar-refractivity contribution is 9.10. The number of nitrogens with zero attached hydrogens (tertiary/aromatic N) is 1. The van der Waals surface area contributed by atoms with Crippen molar-refractivity contribution >= 4 is 32.7 Å². The second kappa shape index (κ2) is 3.98. The minimum atomic E-state index is 0.0345. The summed E-state index contributed by atoms with van der Waals surface area (Å²) in [5, 5.41) is 1.15. The van der Waals surface area contributed by atoms with Crippen LogP contribution in [0, 0.1) is 0 Å². The summed E-state index contributed by atoms with van der Waals surface area (Å²) >= 11 is 3.45. The number of hydrogen-bond donors (Lipinski definition) is 0. The fourth-order valence-electron chi connectivity index (χ4n) is 2.06. The molecule has 0 aliphatic rings. The Labute approximate surface area is 110 Å². The van der Waals surface area contributed by atoms with Gasteiger partial charge in [-0.2, -0.15) is 0 Å². The Balaban J connectivity index is 2.85. The van der Waals surface area contributed by atoms with E-state index in [0.29, 0.717) is 0 Å². The van der Waals surface area contributed by atoms with Crippen molar-refractivity contribution in [2.45, 2.75) is 33.1 Å². The predicted octanol–water partition coefficient (Wildman–Crippen LogP) is 4.36. The van der Waals surface area contributed by atoms with E-state index in [-0.39, 0.29) is 11.3 Å². The van der Waals surface area contributed by atoms with Crippen molar-refractivity contribution in [3.05, 3.63) is 34.4 Å². The second-order valence-corrected chi connectivity index (χ2v) is 6.26. The largest absolute Gasteiger partial charge is 0.287 e. The molecule has 0 N–H and O–H groups in total. The summed E-state index contributed by atoms with van der Waals surface area (Å²) in [5.74, 6) is 0.0450. The number of hydrogen-bond acceptors (Lipinski definition) is 1. The first-order valence-electron chi connectivity index (χ1n) is 5.63. The van der Waals surface area contributed by atoms with Crippen molar-refractivity contribution in [3.8, 4) is 0 Å². The molecule has 1 aromatic carbocycles. The van der Waals surface area contributed by atoms with Gasteiger partial charge in [-0.1, -0.05) is 42.8 Å². The van der Waals surface area contributed by atoms with Crippen LogP contribution in [0.25, 0.3) is 10.9 Å². The van der Waals surface area contributed by atoms with Crippen LogP contribution in [0.1, 0.15) is 38.1 Å². The van der Waals surface area contributed by atoms with Crippen LogP contribution >= 0.6 is 15.9 Å². The van der Waals surface area contributed by atoms with Crippen LogP contribution in [0.5, 0.6) is 0 Å². The van der Waals surface area contributed by atoms with Gasteiger partial charge < -0.3 is 0 Å². The highest BCUT2D eigenvalue weighted by Gasteiger charge is 2.21. The molecule has 0 atom stereocenters. The van der Waals surface area contributed by atoms with Gasteiger partial charge in [0.2, 0.25) is 5.91 Å². The summed E-state index contributed by atoms with van der Waals surface area (Å²) in [6.07, 6.45) is 1.96. The quantitative estimate of drug-likeness (QED) is 0.707. The van der Waals surface area contributed by atoms with Gasteiger partial charge in [-0.15, -0.1) is 0 Å². The van der Waals surface area contributed by atoms with Gasteiger partial charge in [-0.3, -0.25) is 9.36 Å². The monoisotopic (exact) mass is 293 g/mol. The van der Waals surface area contributed by atoms with E-state index in [1.807, 2.05) is 18.3 Å². The van der Waals surface area contributed by atoms with Gasteiger partial charge in [0.05, 0.1) is 5.52 Å². The molecule has 0 aliphatic carbocycles. The van der Waals surface area contributed by atoms with Crippen LogP contribution in [0.2, 0.25) is 0 Å². The average Bonchev–Trinajstić information content (AvgIpc) is 2.55. The number of rotatable bonds is 0. The molecule has 0 bridgehead atoms. The first-order valence-corrected chi connectivity index (χ1v) is 6.42. The van der Waals surface area contributed by atoms with Crippen LogP contribution in [-0.2, 0) is 5.41 Å². The van der Waals surface area contributed by atoms with Gasteiger partial charge in [0, 0.05) is 23.0 Å². The Hall–Kier alpha value is -1.09. The maximum atomic E-state index is 11.7. The molecule has 0 amide bonds. The molecule has 0 saturated heterocycles. The molecule has 2 nitrogen and oxygen atoms in total. The first-order chi connectivity index (χ1) is 7.80. The summed E-state index contributed by atoms with van der Waals surface area (Å²) in [6, 6.07) is 6.08. The van der Waals surface area contributed by atoms with E-state index >= 15 is 0 Å². The Kier molecular flexibility index (Phi) is 2.90. The number of carbonyl (C=O) groups is 1. The predicted molar refractivity (Wildman–Crippen MR) is 74.6 cm³/mol. The lowest BCUT2D eigenvalue weighted by Crippen LogP contribution is -2.10. The smallest absolute Gasteiger partial charge is 0.227 e. The van der Waals surface area contributed by atoms with E-state index in [2.05, 4.69) is 42.8 Å². The van der Waals surface area contributed by atoms with E-state index in [1.165, 1.54) is 5.56 Å². The third-order valence-corrected chi connectivity index (χ3v) is 3.41. The van der Waals surface area contributed by atoms with Crippen molar-refractivity contribution in [3.63, 3.8) is 0 Å². The lowest BCUT2D eigenvalue weighted by atomic mass is 9.87. The molecule has 0 saturated carbocycles. The number of aromatic nitrogens is 1. The Morgan fingerprint density at radius 1 is 1.29 bits per heavy atom. The van der Waals surface area contributed by atoms with Crippen LogP contribution in [0.15, 0.2) is 28.9 Å². The Morgan fingerprint density at radius 2 is 1.94 bits per heavy atom. The van der Waals surface area contributed by atoms with E-state index in [1.54, 1.807) is 11.5 Å². The zero-order valence-electron chi connectivity index (χ0n) is 10.5. The third kappa shape index (κ3) is 2.16. The van der Waals surface area contributed by atoms with Gasteiger partial charge in [0.15, 0.2) is 0 Å². The molecule has 2 rings (SSSR count). The summed E-state index contributed by atoms with van der Waals surface area (Å²) in [7, 11) is 0. The molecule has 17 heavy (non-hydrogen) atoms. The molecule has 2 aromatic rings. The standard InChI is InChI=1S/C14H16BrNO/c1-9(17)16-8-12(14(2,3)4)11-6-5-10(15)7-13(11)16/h5-8H,1-4H3. The second-order valence-electron chi connectivity index (χ2n) is 5.34. The molecule has 3 heteroatoms. The molecule has 1 aromatic heterocycles. The number of carbonyl (C=O) groups excluding carboxylic acids is 1. The van der Waals surface area contributed by atoms with Crippen LogP contribution in [0.3, 0.4) is 0 Å². The summed E-state index contributed by atoms with van der Waals surface area (Å²) < 4.78 is 2.71. The van der Waals surface area contributed by atoms with Crippen molar-refractivity contribution in [2.75, 3.05) is 0 Å². The summed E-state index contributed by atoms with van der Waals surface area (Å²) in [4.78, 5) is 11.7. The number of halogens is 1. The minimum absolute atomic E-state index is 0.0345. The summed E-state index contributed by atoms with van der Waals surface area (Å²) in [5.41, 5.74) is 2.21. The van der Waals surface area contributed by atoms with Gasteiger partial charge in [0.1, 0.15) is 0 Å². The number of fused-ring (bicyclic) bond motifs is 1. The SMILES string of the molecule is CC(=O)n1cc(C(C)(C)C)c2ccc(Br)cc21. The Morgan fingerprint density at radius 3 is 2.47 bits per heavy atom. The van der Waals surface area contributed by atoms with Crippen molar-refractivity contribution < 1.29 is 4.79 Å².